The van der Waals surface area contributed by atoms with E-state index in [1.807, 2.05) is 0 Å². The molecule has 0 saturated carbocycles. The summed E-state index contributed by atoms with van der Waals surface area (Å²) in [6.45, 7) is 0.790. The Bertz CT molecular complexity index is 717. The predicted molar refractivity (Wildman–Crippen MR) is 91.9 cm³/mol. The summed E-state index contributed by atoms with van der Waals surface area (Å²) in [4.78, 5) is 23.0. The summed E-state index contributed by atoms with van der Waals surface area (Å²) in [6, 6.07) is 6.05. The number of carbonyl (C=O) groups is 1. The van der Waals surface area contributed by atoms with E-state index in [0.29, 0.717) is 18.7 Å². The molecule has 0 atom stereocenters. The van der Waals surface area contributed by atoms with Crippen molar-refractivity contribution >= 4 is 33.8 Å². The number of amides is 1. The van der Waals surface area contributed by atoms with Crippen LogP contribution in [0.2, 0.25) is 0 Å². The molecule has 24 heavy (non-hydrogen) atoms. The van der Waals surface area contributed by atoms with Crippen molar-refractivity contribution in [3.63, 3.8) is 0 Å². The number of nitrogens with zero attached hydrogens (tertiary/aromatic N) is 1. The highest BCUT2D eigenvalue weighted by atomic mass is 35.5. The molecule has 1 aromatic rings. The number of nitrogens with one attached hydrogen (secondary N) is 2. The Morgan fingerprint density at radius 1 is 1.33 bits per heavy atom. The summed E-state index contributed by atoms with van der Waals surface area (Å²) in [5.74, 6) is -0.598. The average molecular weight is 378 g/mol. The fourth-order valence-electron chi connectivity index (χ4n) is 2.77. The molecule has 10 heteroatoms. The Labute approximate surface area is 146 Å². The summed E-state index contributed by atoms with van der Waals surface area (Å²) < 4.78 is 22.8. The number of nitro groups is 1. The number of hydrogen-bond acceptors (Lipinski definition) is 6. The molecule has 0 unspecified atom stereocenters. The molecule has 1 saturated heterocycles. The quantitative estimate of drug-likeness (QED) is 0.578. The van der Waals surface area contributed by atoms with E-state index in [9.17, 15) is 23.3 Å². The minimum absolute atomic E-state index is 0. The van der Waals surface area contributed by atoms with Crippen LogP contribution in [0.3, 0.4) is 0 Å². The number of piperidine rings is 1. The molecule has 8 nitrogen and oxygen atoms in total. The smallest absolute Gasteiger partial charge is 0.274 e. The zero-order valence-electron chi connectivity index (χ0n) is 13.1. The highest BCUT2D eigenvalue weighted by Gasteiger charge is 2.48. The summed E-state index contributed by atoms with van der Waals surface area (Å²) in [5, 5.41) is 16.6. The van der Waals surface area contributed by atoms with Crippen LogP contribution in [0.5, 0.6) is 0 Å². The van der Waals surface area contributed by atoms with Crippen molar-refractivity contribution in [2.45, 2.75) is 24.1 Å². The predicted octanol–water partition coefficient (Wildman–Crippen LogP) is 0.800. The number of sulfone groups is 1. The van der Waals surface area contributed by atoms with Crippen molar-refractivity contribution in [2.24, 2.45) is 0 Å². The summed E-state index contributed by atoms with van der Waals surface area (Å²) >= 11 is 0. The third-order valence-electron chi connectivity index (χ3n) is 4.16. The summed E-state index contributed by atoms with van der Waals surface area (Å²) in [5.41, 5.74) is 0.231. The number of rotatable bonds is 5. The van der Waals surface area contributed by atoms with Gasteiger partial charge in [-0.2, -0.15) is 0 Å². The van der Waals surface area contributed by atoms with Crippen molar-refractivity contribution in [1.82, 2.24) is 10.6 Å². The van der Waals surface area contributed by atoms with Crippen LogP contribution in [0, 0.1) is 10.1 Å². The minimum Gasteiger partial charge on any atom is -0.350 e. The first-order valence-corrected chi connectivity index (χ1v) is 9.08. The number of carbonyl (C=O) groups excluding carboxylic acids is 1. The first-order valence-electron chi connectivity index (χ1n) is 7.19. The lowest BCUT2D eigenvalue weighted by Crippen LogP contribution is -2.57. The van der Waals surface area contributed by atoms with Crippen LogP contribution in [0.4, 0.5) is 5.69 Å². The molecule has 2 N–H and O–H groups in total. The lowest BCUT2D eigenvalue weighted by Gasteiger charge is -2.34. The summed E-state index contributed by atoms with van der Waals surface area (Å²) in [6.07, 6.45) is 1.44. The fraction of sp³-hybridized carbons (Fsp3) is 0.500. The molecule has 134 valence electrons. The van der Waals surface area contributed by atoms with Gasteiger partial charge in [-0.15, -0.1) is 12.4 Å². The monoisotopic (exact) mass is 377 g/mol. The number of para-hydroxylation sites is 1. The lowest BCUT2D eigenvalue weighted by atomic mass is 9.95. The van der Waals surface area contributed by atoms with Gasteiger partial charge in [0.15, 0.2) is 14.6 Å². The van der Waals surface area contributed by atoms with Gasteiger partial charge in [-0.1, -0.05) is 18.2 Å². The number of nitro benzene ring substituents is 1. The first-order chi connectivity index (χ1) is 10.8. The van der Waals surface area contributed by atoms with E-state index in [1.165, 1.54) is 18.2 Å². The van der Waals surface area contributed by atoms with Gasteiger partial charge in [0.2, 0.25) is 5.91 Å². The molecular weight excluding hydrogens is 358 g/mol. The molecule has 1 heterocycles. The molecule has 0 radical (unpaired) electrons. The third kappa shape index (κ3) is 4.03. The molecule has 1 aliphatic heterocycles. The lowest BCUT2D eigenvalue weighted by molar-refractivity contribution is -0.385. The fourth-order valence-corrected chi connectivity index (χ4v) is 4.13. The molecule has 0 spiro atoms. The van der Waals surface area contributed by atoms with Gasteiger partial charge in [-0.3, -0.25) is 14.9 Å². The second-order valence-corrected chi connectivity index (χ2v) is 7.91. The number of halogens is 1. The van der Waals surface area contributed by atoms with E-state index >= 15 is 0 Å². The minimum atomic E-state index is -3.60. The summed E-state index contributed by atoms with van der Waals surface area (Å²) in [7, 11) is -3.60. The maximum atomic E-state index is 12.5. The van der Waals surface area contributed by atoms with Gasteiger partial charge in [-0.25, -0.2) is 8.42 Å². The molecule has 2 rings (SSSR count). The van der Waals surface area contributed by atoms with Crippen molar-refractivity contribution in [3.8, 4) is 0 Å². The molecular formula is C14H20ClN3O5S. The Morgan fingerprint density at radius 2 is 1.92 bits per heavy atom. The van der Waals surface area contributed by atoms with Gasteiger partial charge in [0.25, 0.3) is 5.69 Å². The molecule has 0 aliphatic carbocycles. The topological polar surface area (TPSA) is 118 Å². The van der Waals surface area contributed by atoms with E-state index in [-0.39, 0.29) is 37.5 Å². The van der Waals surface area contributed by atoms with Crippen LogP contribution in [0.1, 0.15) is 18.4 Å². The zero-order valence-corrected chi connectivity index (χ0v) is 14.8. The van der Waals surface area contributed by atoms with Gasteiger partial charge in [0, 0.05) is 24.4 Å². The molecule has 1 aliphatic rings. The van der Waals surface area contributed by atoms with Crippen LogP contribution in [0.15, 0.2) is 24.3 Å². The van der Waals surface area contributed by atoms with Gasteiger partial charge >= 0.3 is 0 Å². The van der Waals surface area contributed by atoms with Crippen molar-refractivity contribution in [1.29, 1.82) is 0 Å². The van der Waals surface area contributed by atoms with Crippen molar-refractivity contribution in [2.75, 3.05) is 19.3 Å². The van der Waals surface area contributed by atoms with Crippen molar-refractivity contribution < 1.29 is 18.1 Å². The van der Waals surface area contributed by atoms with Crippen LogP contribution in [-0.2, 0) is 21.2 Å². The maximum absolute atomic E-state index is 12.5. The average Bonchev–Trinajstić information content (AvgIpc) is 2.52. The Balaban J connectivity index is 0.00000288. The van der Waals surface area contributed by atoms with E-state index in [0.717, 1.165) is 6.26 Å². The van der Waals surface area contributed by atoms with Gasteiger partial charge in [0.05, 0.1) is 4.92 Å². The van der Waals surface area contributed by atoms with E-state index in [4.69, 9.17) is 0 Å². The largest absolute Gasteiger partial charge is 0.350 e. The Kier molecular flexibility index (Phi) is 6.70. The molecule has 1 fully saturated rings. The van der Waals surface area contributed by atoms with Gasteiger partial charge < -0.3 is 10.6 Å². The highest BCUT2D eigenvalue weighted by molar-refractivity contribution is 7.92. The molecule has 0 bridgehead atoms. The molecule has 1 aromatic carbocycles. The number of hydrogen-bond donors (Lipinski definition) is 2. The zero-order chi connectivity index (χ0) is 17.1. The van der Waals surface area contributed by atoms with E-state index in [1.54, 1.807) is 6.07 Å². The standard InChI is InChI=1S/C14H19N3O5S.ClH/c1-23(21,22)14(6-8-15-9-7-14)13(18)16-10-11-4-2-3-5-12(11)17(19)20;/h2-5,15H,6-10H2,1H3,(H,16,18);1H. The van der Waals surface area contributed by atoms with E-state index in [2.05, 4.69) is 10.6 Å². The first kappa shape index (κ1) is 20.3. The van der Waals surface area contributed by atoms with Crippen LogP contribution >= 0.6 is 12.4 Å². The van der Waals surface area contributed by atoms with Crippen LogP contribution in [0.25, 0.3) is 0 Å². The van der Waals surface area contributed by atoms with Crippen molar-refractivity contribution in [3.05, 3.63) is 39.9 Å². The number of benzene rings is 1. The normalized spacial score (nSPS) is 16.7. The SMILES string of the molecule is CS(=O)(=O)C1(C(=O)NCc2ccccc2[N+](=O)[O-])CCNCC1.Cl. The second kappa shape index (κ2) is 7.91. The van der Waals surface area contributed by atoms with E-state index < -0.39 is 25.4 Å². The van der Waals surface area contributed by atoms with Gasteiger partial charge in [0.1, 0.15) is 0 Å². The Hall–Kier alpha value is -1.71. The molecule has 0 aromatic heterocycles. The highest BCUT2D eigenvalue weighted by Crippen LogP contribution is 2.28. The third-order valence-corrected chi connectivity index (χ3v) is 6.18. The Morgan fingerprint density at radius 3 is 2.46 bits per heavy atom. The van der Waals surface area contributed by atoms with Crippen LogP contribution in [-0.4, -0.2) is 43.3 Å². The van der Waals surface area contributed by atoms with Crippen LogP contribution < -0.4 is 10.6 Å². The van der Waals surface area contributed by atoms with Gasteiger partial charge in [-0.05, 0) is 25.9 Å². The second-order valence-electron chi connectivity index (χ2n) is 5.58. The maximum Gasteiger partial charge on any atom is 0.274 e. The molecule has 1 amide bonds.